The molecule has 1 unspecified atom stereocenters. The summed E-state index contributed by atoms with van der Waals surface area (Å²) in [5.74, 6) is 0.827. The number of hydrogen-bond acceptors (Lipinski definition) is 5. The molecule has 2 aromatic rings. The maximum Gasteiger partial charge on any atom is 0.191 e. The van der Waals surface area contributed by atoms with E-state index in [0.717, 1.165) is 63.9 Å². The Kier molecular flexibility index (Phi) is 10.6. The number of thiophene rings is 1. The molecule has 30 heavy (non-hydrogen) atoms. The summed E-state index contributed by atoms with van der Waals surface area (Å²) in [6.07, 6.45) is 1.92. The number of aromatic nitrogens is 2. The zero-order valence-electron chi connectivity index (χ0n) is 18.5. The van der Waals surface area contributed by atoms with Crippen LogP contribution in [-0.2, 0) is 31.2 Å². The lowest BCUT2D eigenvalue weighted by molar-refractivity contribution is 0.0177. The van der Waals surface area contributed by atoms with Crippen molar-refractivity contribution in [1.29, 1.82) is 0 Å². The number of nitrogens with zero attached hydrogens (tertiary/aromatic N) is 4. The van der Waals surface area contributed by atoms with Gasteiger partial charge in [0.15, 0.2) is 5.96 Å². The second kappa shape index (κ2) is 12.6. The number of rotatable bonds is 8. The average molecular weight is 547 g/mol. The molecule has 1 fully saturated rings. The molecule has 0 amide bonds. The van der Waals surface area contributed by atoms with Gasteiger partial charge in [-0.05, 0) is 24.3 Å². The Hall–Kier alpha value is -1.17. The number of aliphatic imine (C=N–C) groups is 1. The van der Waals surface area contributed by atoms with E-state index in [2.05, 4.69) is 57.0 Å². The van der Waals surface area contributed by atoms with Crippen LogP contribution in [0.5, 0.6) is 0 Å². The zero-order valence-corrected chi connectivity index (χ0v) is 21.6. The van der Waals surface area contributed by atoms with Gasteiger partial charge in [-0.15, -0.1) is 35.3 Å². The van der Waals surface area contributed by atoms with Crippen LogP contribution < -0.4 is 10.6 Å². The monoisotopic (exact) mass is 546 g/mol. The van der Waals surface area contributed by atoms with Crippen molar-refractivity contribution in [2.75, 3.05) is 39.9 Å². The smallest absolute Gasteiger partial charge is 0.191 e. The molecule has 2 N–H and O–H groups in total. The molecule has 0 saturated carbocycles. The lowest BCUT2D eigenvalue weighted by Crippen LogP contribution is -2.46. The van der Waals surface area contributed by atoms with Crippen molar-refractivity contribution in [3.05, 3.63) is 39.3 Å². The van der Waals surface area contributed by atoms with E-state index in [1.165, 1.54) is 16.1 Å². The summed E-state index contributed by atoms with van der Waals surface area (Å²) in [5.41, 5.74) is 3.75. The predicted octanol–water partition coefficient (Wildman–Crippen LogP) is 2.96. The minimum Gasteiger partial charge on any atom is -0.379 e. The third-order valence-corrected chi connectivity index (χ3v) is 6.48. The van der Waals surface area contributed by atoms with Gasteiger partial charge in [-0.25, -0.2) is 0 Å². The first kappa shape index (κ1) is 25.1. The largest absolute Gasteiger partial charge is 0.379 e. The van der Waals surface area contributed by atoms with Gasteiger partial charge >= 0.3 is 0 Å². The maximum absolute atomic E-state index is 5.54. The highest BCUT2D eigenvalue weighted by Gasteiger charge is 2.23. The zero-order chi connectivity index (χ0) is 20.6. The standard InChI is InChI=1S/C21H34N6OS.HI/c1-5-17-16(18(6-2)26(4)25-17)14-23-21(22-3)24-15-19(20-8-7-13-29-20)27-9-11-28-12-10-27;/h7-8,13,19H,5-6,9-12,14-15H2,1-4H3,(H2,22,23,24);1H. The van der Waals surface area contributed by atoms with E-state index in [9.17, 15) is 0 Å². The van der Waals surface area contributed by atoms with Crippen LogP contribution in [0.1, 0.15) is 41.7 Å². The highest BCUT2D eigenvalue weighted by Crippen LogP contribution is 2.25. The Balaban J connectivity index is 0.00000320. The van der Waals surface area contributed by atoms with E-state index < -0.39 is 0 Å². The molecule has 3 heterocycles. The number of hydrogen-bond donors (Lipinski definition) is 2. The number of guanidine groups is 1. The summed E-state index contributed by atoms with van der Waals surface area (Å²) in [4.78, 5) is 8.33. The Morgan fingerprint density at radius 2 is 2.03 bits per heavy atom. The van der Waals surface area contributed by atoms with E-state index >= 15 is 0 Å². The number of aryl methyl sites for hydroxylation is 2. The minimum atomic E-state index is 0. The van der Waals surface area contributed by atoms with Crippen molar-refractivity contribution in [3.8, 4) is 0 Å². The number of nitrogens with one attached hydrogen (secondary N) is 2. The van der Waals surface area contributed by atoms with Gasteiger partial charge in [0.05, 0.1) is 24.9 Å². The van der Waals surface area contributed by atoms with Gasteiger partial charge in [0, 0.05) is 56.4 Å². The summed E-state index contributed by atoms with van der Waals surface area (Å²) >= 11 is 1.81. The van der Waals surface area contributed by atoms with Gasteiger partial charge < -0.3 is 15.4 Å². The molecule has 0 spiro atoms. The molecule has 0 bridgehead atoms. The first-order chi connectivity index (χ1) is 14.2. The highest BCUT2D eigenvalue weighted by molar-refractivity contribution is 14.0. The molecular formula is C21H35IN6OS. The fraction of sp³-hybridized carbons (Fsp3) is 0.619. The van der Waals surface area contributed by atoms with Gasteiger partial charge in [-0.1, -0.05) is 19.9 Å². The molecule has 0 aromatic carbocycles. The minimum absolute atomic E-state index is 0. The van der Waals surface area contributed by atoms with Crippen molar-refractivity contribution in [1.82, 2.24) is 25.3 Å². The normalized spacial score (nSPS) is 16.2. The van der Waals surface area contributed by atoms with Crippen LogP contribution >= 0.6 is 35.3 Å². The summed E-state index contributed by atoms with van der Waals surface area (Å²) in [6, 6.07) is 4.68. The van der Waals surface area contributed by atoms with Crippen LogP contribution in [0.3, 0.4) is 0 Å². The molecule has 0 aliphatic carbocycles. The lowest BCUT2D eigenvalue weighted by atomic mass is 10.1. The topological polar surface area (TPSA) is 66.7 Å². The highest BCUT2D eigenvalue weighted by atomic mass is 127. The summed E-state index contributed by atoms with van der Waals surface area (Å²) in [6.45, 7) is 9.42. The predicted molar refractivity (Wildman–Crippen MR) is 135 cm³/mol. The van der Waals surface area contributed by atoms with Gasteiger partial charge in [0.25, 0.3) is 0 Å². The number of halogens is 1. The molecule has 1 aliphatic rings. The van der Waals surface area contributed by atoms with Gasteiger partial charge in [0.2, 0.25) is 0 Å². The van der Waals surface area contributed by atoms with Crippen LogP contribution in [0.4, 0.5) is 0 Å². The van der Waals surface area contributed by atoms with E-state index in [-0.39, 0.29) is 24.0 Å². The van der Waals surface area contributed by atoms with Crippen molar-refractivity contribution in [2.24, 2.45) is 12.0 Å². The molecule has 7 nitrogen and oxygen atoms in total. The fourth-order valence-electron chi connectivity index (χ4n) is 3.96. The first-order valence-corrected chi connectivity index (χ1v) is 11.4. The SMILES string of the molecule is CCc1nn(C)c(CC)c1CNC(=NC)NCC(c1cccs1)N1CCOCC1.I. The van der Waals surface area contributed by atoms with Crippen LogP contribution in [0.25, 0.3) is 0 Å². The molecule has 168 valence electrons. The molecule has 1 saturated heterocycles. The summed E-state index contributed by atoms with van der Waals surface area (Å²) < 4.78 is 7.56. The van der Waals surface area contributed by atoms with Crippen molar-refractivity contribution in [3.63, 3.8) is 0 Å². The van der Waals surface area contributed by atoms with E-state index in [0.29, 0.717) is 6.04 Å². The van der Waals surface area contributed by atoms with Crippen LogP contribution in [0.2, 0.25) is 0 Å². The molecule has 1 atom stereocenters. The number of ether oxygens (including phenoxy) is 1. The molecular weight excluding hydrogens is 511 g/mol. The summed E-state index contributed by atoms with van der Waals surface area (Å²) in [7, 11) is 3.86. The third-order valence-electron chi connectivity index (χ3n) is 5.50. The molecule has 3 rings (SSSR count). The first-order valence-electron chi connectivity index (χ1n) is 10.5. The van der Waals surface area contributed by atoms with Gasteiger partial charge in [-0.2, -0.15) is 5.10 Å². The second-order valence-electron chi connectivity index (χ2n) is 7.19. The van der Waals surface area contributed by atoms with Crippen molar-refractivity contribution in [2.45, 2.75) is 39.3 Å². The van der Waals surface area contributed by atoms with Crippen LogP contribution in [-0.4, -0.2) is 60.5 Å². The van der Waals surface area contributed by atoms with E-state index in [1.54, 1.807) is 0 Å². The fourth-order valence-corrected chi connectivity index (χ4v) is 4.82. The van der Waals surface area contributed by atoms with Crippen LogP contribution in [0.15, 0.2) is 22.5 Å². The lowest BCUT2D eigenvalue weighted by Gasteiger charge is -2.34. The van der Waals surface area contributed by atoms with Crippen molar-refractivity contribution < 1.29 is 4.74 Å². The Labute approximate surface area is 201 Å². The Morgan fingerprint density at radius 3 is 2.63 bits per heavy atom. The van der Waals surface area contributed by atoms with E-state index in [4.69, 9.17) is 4.74 Å². The third kappa shape index (κ3) is 6.18. The number of morpholine rings is 1. The van der Waals surface area contributed by atoms with Crippen molar-refractivity contribution >= 4 is 41.3 Å². The second-order valence-corrected chi connectivity index (χ2v) is 8.17. The van der Waals surface area contributed by atoms with Crippen LogP contribution in [0, 0.1) is 0 Å². The Bertz CT molecular complexity index is 786. The molecule has 1 aliphatic heterocycles. The maximum atomic E-state index is 5.54. The molecule has 2 aromatic heterocycles. The van der Waals surface area contributed by atoms with Gasteiger partial charge in [-0.3, -0.25) is 14.6 Å². The Morgan fingerprint density at radius 1 is 1.27 bits per heavy atom. The summed E-state index contributed by atoms with van der Waals surface area (Å²) in [5, 5.41) is 13.9. The quantitative estimate of drug-likeness (QED) is 0.303. The average Bonchev–Trinajstić information content (AvgIpc) is 3.38. The van der Waals surface area contributed by atoms with E-state index in [1.807, 2.05) is 30.1 Å². The van der Waals surface area contributed by atoms with Gasteiger partial charge in [0.1, 0.15) is 0 Å². The molecule has 9 heteroatoms. The molecule has 0 radical (unpaired) electrons.